The van der Waals surface area contributed by atoms with Crippen LogP contribution in [0.15, 0.2) is 42.5 Å². The number of ether oxygens (including phenoxy) is 1. The molecule has 0 heterocycles. The zero-order valence-corrected chi connectivity index (χ0v) is 10.8. The fraction of sp³-hybridized carbons (Fsp3) is 0.133. The summed E-state index contributed by atoms with van der Waals surface area (Å²) in [5.74, 6) is 0.295. The SMILES string of the molecule is COc1cccc(N(C)c2ccc(F)cc2C=O)c1. The van der Waals surface area contributed by atoms with Crippen molar-refractivity contribution >= 4 is 17.7 Å². The van der Waals surface area contributed by atoms with Crippen LogP contribution in [0.5, 0.6) is 5.75 Å². The van der Waals surface area contributed by atoms with Crippen LogP contribution in [-0.2, 0) is 0 Å². The lowest BCUT2D eigenvalue weighted by Gasteiger charge is -2.21. The lowest BCUT2D eigenvalue weighted by molar-refractivity contribution is 0.112. The average Bonchev–Trinajstić information content (AvgIpc) is 2.46. The van der Waals surface area contributed by atoms with Gasteiger partial charge in [-0.15, -0.1) is 0 Å². The summed E-state index contributed by atoms with van der Waals surface area (Å²) in [6.07, 6.45) is 0.648. The monoisotopic (exact) mass is 259 g/mol. The highest BCUT2D eigenvalue weighted by Gasteiger charge is 2.10. The first-order valence-corrected chi connectivity index (χ1v) is 5.78. The van der Waals surface area contributed by atoms with E-state index >= 15 is 0 Å². The van der Waals surface area contributed by atoms with Gasteiger partial charge in [0.2, 0.25) is 0 Å². The Balaban J connectivity index is 2.43. The molecule has 0 saturated carbocycles. The van der Waals surface area contributed by atoms with E-state index in [1.165, 1.54) is 12.1 Å². The Kier molecular flexibility index (Phi) is 3.80. The Morgan fingerprint density at radius 1 is 1.21 bits per heavy atom. The Hall–Kier alpha value is -2.36. The summed E-state index contributed by atoms with van der Waals surface area (Å²) in [6, 6.07) is 11.6. The predicted molar refractivity (Wildman–Crippen MR) is 72.8 cm³/mol. The second kappa shape index (κ2) is 5.52. The maximum absolute atomic E-state index is 13.1. The number of aldehydes is 1. The van der Waals surface area contributed by atoms with Gasteiger partial charge in [0.1, 0.15) is 11.6 Å². The van der Waals surface area contributed by atoms with Crippen LogP contribution in [-0.4, -0.2) is 20.4 Å². The van der Waals surface area contributed by atoms with Crippen molar-refractivity contribution in [2.45, 2.75) is 0 Å². The lowest BCUT2D eigenvalue weighted by Crippen LogP contribution is -2.11. The first-order valence-electron chi connectivity index (χ1n) is 5.78. The van der Waals surface area contributed by atoms with Crippen molar-refractivity contribution in [1.82, 2.24) is 0 Å². The molecule has 98 valence electrons. The number of rotatable bonds is 4. The summed E-state index contributed by atoms with van der Waals surface area (Å²) >= 11 is 0. The number of anilines is 2. The molecule has 3 nitrogen and oxygen atoms in total. The molecule has 2 aromatic rings. The van der Waals surface area contributed by atoms with Crippen molar-refractivity contribution in [3.8, 4) is 5.75 Å². The van der Waals surface area contributed by atoms with Gasteiger partial charge in [0.05, 0.1) is 12.8 Å². The fourth-order valence-electron chi connectivity index (χ4n) is 1.88. The molecule has 0 atom stereocenters. The van der Waals surface area contributed by atoms with Crippen LogP contribution in [0.25, 0.3) is 0 Å². The summed E-state index contributed by atoms with van der Waals surface area (Å²) in [7, 11) is 3.41. The molecule has 2 aromatic carbocycles. The van der Waals surface area contributed by atoms with Crippen LogP contribution in [0.2, 0.25) is 0 Å². The molecule has 19 heavy (non-hydrogen) atoms. The number of hydrogen-bond acceptors (Lipinski definition) is 3. The third-order valence-electron chi connectivity index (χ3n) is 2.92. The normalized spacial score (nSPS) is 10.1. The van der Waals surface area contributed by atoms with Gasteiger partial charge >= 0.3 is 0 Å². The molecule has 0 amide bonds. The van der Waals surface area contributed by atoms with Crippen molar-refractivity contribution in [3.05, 3.63) is 53.8 Å². The van der Waals surface area contributed by atoms with Gasteiger partial charge in [0.25, 0.3) is 0 Å². The van der Waals surface area contributed by atoms with E-state index in [2.05, 4.69) is 0 Å². The van der Waals surface area contributed by atoms with Gasteiger partial charge < -0.3 is 9.64 Å². The molecule has 0 spiro atoms. The molecule has 0 aliphatic heterocycles. The number of methoxy groups -OCH3 is 1. The number of hydrogen-bond donors (Lipinski definition) is 0. The van der Waals surface area contributed by atoms with Crippen LogP contribution in [0.3, 0.4) is 0 Å². The minimum atomic E-state index is -0.426. The minimum Gasteiger partial charge on any atom is -0.497 e. The molecular formula is C15H14FNO2. The van der Waals surface area contributed by atoms with Gasteiger partial charge in [-0.05, 0) is 30.3 Å². The molecule has 0 fully saturated rings. The molecule has 0 bridgehead atoms. The molecule has 0 aromatic heterocycles. The van der Waals surface area contributed by atoms with Crippen LogP contribution < -0.4 is 9.64 Å². The molecule has 0 aliphatic rings. The van der Waals surface area contributed by atoms with E-state index in [4.69, 9.17) is 4.74 Å². The largest absolute Gasteiger partial charge is 0.497 e. The van der Waals surface area contributed by atoms with E-state index in [1.54, 1.807) is 13.2 Å². The second-order valence-corrected chi connectivity index (χ2v) is 4.08. The van der Waals surface area contributed by atoms with E-state index in [0.29, 0.717) is 17.5 Å². The van der Waals surface area contributed by atoms with E-state index in [9.17, 15) is 9.18 Å². The maximum atomic E-state index is 13.1. The first-order chi connectivity index (χ1) is 9.15. The number of nitrogens with zero attached hydrogens (tertiary/aromatic N) is 1. The lowest BCUT2D eigenvalue weighted by atomic mass is 10.1. The highest BCUT2D eigenvalue weighted by atomic mass is 19.1. The number of carbonyl (C=O) groups excluding carboxylic acids is 1. The summed E-state index contributed by atoms with van der Waals surface area (Å²) in [5, 5.41) is 0. The number of halogens is 1. The first kappa shape index (κ1) is 13.1. The van der Waals surface area contributed by atoms with E-state index < -0.39 is 5.82 Å². The van der Waals surface area contributed by atoms with Crippen LogP contribution in [0.4, 0.5) is 15.8 Å². The quantitative estimate of drug-likeness (QED) is 0.788. The van der Waals surface area contributed by atoms with Gasteiger partial charge in [-0.3, -0.25) is 4.79 Å². The molecule has 0 radical (unpaired) electrons. The summed E-state index contributed by atoms with van der Waals surface area (Å²) in [6.45, 7) is 0. The zero-order chi connectivity index (χ0) is 13.8. The Bertz CT molecular complexity index is 598. The van der Waals surface area contributed by atoms with Gasteiger partial charge in [-0.25, -0.2) is 4.39 Å². The smallest absolute Gasteiger partial charge is 0.152 e. The van der Waals surface area contributed by atoms with Gasteiger partial charge in [0, 0.05) is 24.4 Å². The van der Waals surface area contributed by atoms with Crippen LogP contribution in [0, 0.1) is 5.82 Å². The van der Waals surface area contributed by atoms with E-state index in [-0.39, 0.29) is 0 Å². The standard InChI is InChI=1S/C15H14FNO2/c1-17(13-4-3-5-14(9-13)19-2)15-7-6-12(16)8-11(15)10-18/h3-10H,1-2H3. The molecule has 0 N–H and O–H groups in total. The van der Waals surface area contributed by atoms with Crippen molar-refractivity contribution < 1.29 is 13.9 Å². The topological polar surface area (TPSA) is 29.5 Å². The summed E-state index contributed by atoms with van der Waals surface area (Å²) in [5.41, 5.74) is 1.81. The van der Waals surface area contributed by atoms with Crippen molar-refractivity contribution in [3.63, 3.8) is 0 Å². The van der Waals surface area contributed by atoms with E-state index in [1.807, 2.05) is 36.2 Å². The van der Waals surface area contributed by atoms with Crippen molar-refractivity contribution in [2.75, 3.05) is 19.1 Å². The zero-order valence-electron chi connectivity index (χ0n) is 10.8. The van der Waals surface area contributed by atoms with Crippen LogP contribution in [0.1, 0.15) is 10.4 Å². The molecule has 0 unspecified atom stereocenters. The van der Waals surface area contributed by atoms with Crippen LogP contribution >= 0.6 is 0 Å². The van der Waals surface area contributed by atoms with Crippen molar-refractivity contribution in [1.29, 1.82) is 0 Å². The Morgan fingerprint density at radius 3 is 2.68 bits per heavy atom. The summed E-state index contributed by atoms with van der Waals surface area (Å²) in [4.78, 5) is 12.8. The number of benzene rings is 2. The Labute approximate surface area is 111 Å². The number of carbonyl (C=O) groups is 1. The third-order valence-corrected chi connectivity index (χ3v) is 2.92. The molecule has 0 saturated heterocycles. The van der Waals surface area contributed by atoms with Gasteiger partial charge in [-0.1, -0.05) is 6.07 Å². The predicted octanol–water partition coefficient (Wildman–Crippen LogP) is 3.41. The van der Waals surface area contributed by atoms with E-state index in [0.717, 1.165) is 11.4 Å². The van der Waals surface area contributed by atoms with Gasteiger partial charge in [-0.2, -0.15) is 0 Å². The third kappa shape index (κ3) is 2.73. The van der Waals surface area contributed by atoms with Gasteiger partial charge in [0.15, 0.2) is 6.29 Å². The second-order valence-electron chi connectivity index (χ2n) is 4.08. The fourth-order valence-corrected chi connectivity index (χ4v) is 1.88. The highest BCUT2D eigenvalue weighted by molar-refractivity contribution is 5.86. The Morgan fingerprint density at radius 2 is 2.00 bits per heavy atom. The molecule has 0 aliphatic carbocycles. The highest BCUT2D eigenvalue weighted by Crippen LogP contribution is 2.29. The molecular weight excluding hydrogens is 245 g/mol. The maximum Gasteiger partial charge on any atom is 0.152 e. The van der Waals surface area contributed by atoms with Crippen molar-refractivity contribution in [2.24, 2.45) is 0 Å². The molecule has 2 rings (SSSR count). The average molecular weight is 259 g/mol. The summed E-state index contributed by atoms with van der Waals surface area (Å²) < 4.78 is 18.3. The minimum absolute atomic E-state index is 0.310. The molecule has 4 heteroatoms.